The van der Waals surface area contributed by atoms with Crippen molar-refractivity contribution < 1.29 is 9.90 Å². The number of halogens is 1. The van der Waals surface area contributed by atoms with E-state index < -0.39 is 6.10 Å². The molecule has 5 heteroatoms. The molecule has 3 rings (SSSR count). The summed E-state index contributed by atoms with van der Waals surface area (Å²) in [7, 11) is 0. The minimum absolute atomic E-state index is 0.305. The van der Waals surface area contributed by atoms with Crippen LogP contribution in [0.5, 0.6) is 0 Å². The molecule has 4 atom stereocenters. The number of amides is 1. The number of likely N-dealkylation sites (tertiary alicyclic amines) is 1. The lowest BCUT2D eigenvalue weighted by atomic mass is 9.76. The van der Waals surface area contributed by atoms with E-state index in [0.29, 0.717) is 36.2 Å². The van der Waals surface area contributed by atoms with Gasteiger partial charge in [0.1, 0.15) is 0 Å². The standard InChI is InChI=1S/C14H23ClN2O2/c15-5-12(18)9-16-6-10-4-11(8-16)13-2-1-3-14(19)17(13)7-10/h10-13,18H,1-9H2/t10-,11-,12?,13-/m0/s1. The summed E-state index contributed by atoms with van der Waals surface area (Å²) in [5.41, 5.74) is 0. The Labute approximate surface area is 119 Å². The molecule has 0 aromatic carbocycles. The summed E-state index contributed by atoms with van der Waals surface area (Å²) in [4.78, 5) is 16.5. The number of carbonyl (C=O) groups excluding carboxylic acids is 1. The van der Waals surface area contributed by atoms with Crippen LogP contribution in [0.4, 0.5) is 0 Å². The summed E-state index contributed by atoms with van der Waals surface area (Å²) in [5.74, 6) is 1.85. The molecule has 0 aliphatic carbocycles. The molecule has 0 radical (unpaired) electrons. The zero-order valence-electron chi connectivity index (χ0n) is 11.3. The normalized spacial score (nSPS) is 37.1. The van der Waals surface area contributed by atoms with Crippen LogP contribution in [0.2, 0.25) is 0 Å². The third-order valence-electron chi connectivity index (χ3n) is 4.90. The molecule has 3 aliphatic rings. The summed E-state index contributed by atoms with van der Waals surface area (Å²) in [6, 6.07) is 0.452. The Balaban J connectivity index is 1.67. The van der Waals surface area contributed by atoms with E-state index in [9.17, 15) is 9.90 Å². The van der Waals surface area contributed by atoms with Gasteiger partial charge in [-0.2, -0.15) is 0 Å². The number of rotatable bonds is 3. The van der Waals surface area contributed by atoms with Crippen molar-refractivity contribution in [2.45, 2.75) is 37.8 Å². The lowest BCUT2D eigenvalue weighted by Crippen LogP contribution is -2.61. The van der Waals surface area contributed by atoms with Crippen molar-refractivity contribution in [3.05, 3.63) is 0 Å². The first-order valence-corrected chi connectivity index (χ1v) is 7.96. The predicted molar refractivity (Wildman–Crippen MR) is 74.1 cm³/mol. The van der Waals surface area contributed by atoms with Gasteiger partial charge in [-0.3, -0.25) is 4.79 Å². The number of aliphatic hydroxyl groups excluding tert-OH is 1. The summed E-state index contributed by atoms with van der Waals surface area (Å²) >= 11 is 5.69. The highest BCUT2D eigenvalue weighted by Gasteiger charge is 2.43. The van der Waals surface area contributed by atoms with Crippen LogP contribution < -0.4 is 0 Å². The summed E-state index contributed by atoms with van der Waals surface area (Å²) in [6.07, 6.45) is 3.78. The Morgan fingerprint density at radius 3 is 3.00 bits per heavy atom. The number of alkyl halides is 1. The maximum absolute atomic E-state index is 12.0. The first-order chi connectivity index (χ1) is 9.17. The zero-order chi connectivity index (χ0) is 13.4. The van der Waals surface area contributed by atoms with Crippen LogP contribution in [-0.4, -0.2) is 65.0 Å². The van der Waals surface area contributed by atoms with E-state index in [1.807, 2.05) is 0 Å². The van der Waals surface area contributed by atoms with Gasteiger partial charge in [0.25, 0.3) is 0 Å². The molecule has 0 aromatic rings. The molecule has 3 aliphatic heterocycles. The highest BCUT2D eigenvalue weighted by atomic mass is 35.5. The van der Waals surface area contributed by atoms with Crippen molar-refractivity contribution in [2.24, 2.45) is 11.8 Å². The molecule has 19 heavy (non-hydrogen) atoms. The fraction of sp³-hybridized carbons (Fsp3) is 0.929. The minimum atomic E-state index is -0.426. The lowest BCUT2D eigenvalue weighted by molar-refractivity contribution is -0.145. The fourth-order valence-electron chi connectivity index (χ4n) is 4.21. The predicted octanol–water partition coefficient (Wildman–Crippen LogP) is 0.919. The Morgan fingerprint density at radius 1 is 1.37 bits per heavy atom. The van der Waals surface area contributed by atoms with Gasteiger partial charge in [-0.05, 0) is 31.1 Å². The maximum Gasteiger partial charge on any atom is 0.222 e. The maximum atomic E-state index is 12.0. The largest absolute Gasteiger partial charge is 0.391 e. The molecule has 1 N–H and O–H groups in total. The molecule has 0 saturated carbocycles. The van der Waals surface area contributed by atoms with E-state index in [0.717, 1.165) is 38.9 Å². The monoisotopic (exact) mass is 286 g/mol. The number of carbonyl (C=O) groups is 1. The van der Waals surface area contributed by atoms with Gasteiger partial charge in [0, 0.05) is 44.5 Å². The number of hydrogen-bond acceptors (Lipinski definition) is 3. The average Bonchev–Trinajstić information content (AvgIpc) is 2.40. The third-order valence-corrected chi connectivity index (χ3v) is 5.26. The van der Waals surface area contributed by atoms with Gasteiger partial charge in [-0.1, -0.05) is 0 Å². The van der Waals surface area contributed by atoms with Gasteiger partial charge in [-0.25, -0.2) is 0 Å². The SMILES string of the molecule is O=C1CCC[C@H]2[C@H]3C[C@@H](CN(CC(O)CCl)C3)CN12. The second-order valence-electron chi connectivity index (χ2n) is 6.39. The van der Waals surface area contributed by atoms with Gasteiger partial charge < -0.3 is 14.9 Å². The van der Waals surface area contributed by atoms with Crippen molar-refractivity contribution in [3.63, 3.8) is 0 Å². The van der Waals surface area contributed by atoms with E-state index >= 15 is 0 Å². The number of β-amino-alcohol motifs (C(OH)–C–C–N with tert-alkyl or cyclic N) is 1. The average molecular weight is 287 g/mol. The highest BCUT2D eigenvalue weighted by Crippen LogP contribution is 2.37. The van der Waals surface area contributed by atoms with E-state index in [1.54, 1.807) is 0 Å². The van der Waals surface area contributed by atoms with Gasteiger partial charge in [0.15, 0.2) is 0 Å². The van der Waals surface area contributed by atoms with Crippen molar-refractivity contribution in [1.82, 2.24) is 9.80 Å². The Bertz CT molecular complexity index is 352. The molecule has 2 bridgehead atoms. The second-order valence-corrected chi connectivity index (χ2v) is 6.70. The summed E-state index contributed by atoms with van der Waals surface area (Å²) < 4.78 is 0. The van der Waals surface area contributed by atoms with Gasteiger partial charge in [0.2, 0.25) is 5.91 Å². The lowest BCUT2D eigenvalue weighted by Gasteiger charge is -2.52. The van der Waals surface area contributed by atoms with Crippen LogP contribution in [0.3, 0.4) is 0 Å². The minimum Gasteiger partial charge on any atom is -0.391 e. The second kappa shape index (κ2) is 5.58. The van der Waals surface area contributed by atoms with Crippen LogP contribution in [0.15, 0.2) is 0 Å². The van der Waals surface area contributed by atoms with E-state index in [-0.39, 0.29) is 0 Å². The number of nitrogens with zero attached hydrogens (tertiary/aromatic N) is 2. The van der Waals surface area contributed by atoms with Crippen LogP contribution >= 0.6 is 11.6 Å². The molecule has 0 aromatic heterocycles. The zero-order valence-corrected chi connectivity index (χ0v) is 12.1. The molecule has 4 nitrogen and oxygen atoms in total. The molecular weight excluding hydrogens is 264 g/mol. The summed E-state index contributed by atoms with van der Waals surface area (Å²) in [5, 5.41) is 9.71. The molecule has 3 heterocycles. The number of piperidine rings is 3. The smallest absolute Gasteiger partial charge is 0.222 e. The van der Waals surface area contributed by atoms with Gasteiger partial charge >= 0.3 is 0 Å². The van der Waals surface area contributed by atoms with Gasteiger partial charge in [0.05, 0.1) is 6.10 Å². The third kappa shape index (κ3) is 2.76. The first kappa shape index (κ1) is 13.7. The van der Waals surface area contributed by atoms with Gasteiger partial charge in [-0.15, -0.1) is 11.6 Å². The molecule has 108 valence electrons. The summed E-state index contributed by atoms with van der Waals surface area (Å²) in [6.45, 7) is 3.62. The van der Waals surface area contributed by atoms with E-state index in [4.69, 9.17) is 11.6 Å². The van der Waals surface area contributed by atoms with E-state index in [1.165, 1.54) is 6.42 Å². The quantitative estimate of drug-likeness (QED) is 0.785. The first-order valence-electron chi connectivity index (χ1n) is 7.43. The van der Waals surface area contributed by atoms with Crippen LogP contribution in [0, 0.1) is 11.8 Å². The molecule has 3 fully saturated rings. The molecule has 1 unspecified atom stereocenters. The Hall–Kier alpha value is -0.320. The topological polar surface area (TPSA) is 43.8 Å². The number of aliphatic hydroxyl groups is 1. The Morgan fingerprint density at radius 2 is 2.21 bits per heavy atom. The number of hydrogen-bond donors (Lipinski definition) is 1. The van der Waals surface area contributed by atoms with Crippen LogP contribution in [0.1, 0.15) is 25.7 Å². The van der Waals surface area contributed by atoms with E-state index in [2.05, 4.69) is 9.80 Å². The van der Waals surface area contributed by atoms with Crippen molar-refractivity contribution in [2.75, 3.05) is 32.1 Å². The van der Waals surface area contributed by atoms with Crippen molar-refractivity contribution in [3.8, 4) is 0 Å². The molecule has 0 spiro atoms. The van der Waals surface area contributed by atoms with Crippen LogP contribution in [0.25, 0.3) is 0 Å². The molecular formula is C14H23ClN2O2. The number of fused-ring (bicyclic) bond motifs is 4. The fourth-order valence-corrected chi connectivity index (χ4v) is 4.31. The molecule has 3 saturated heterocycles. The van der Waals surface area contributed by atoms with Crippen LogP contribution in [-0.2, 0) is 4.79 Å². The van der Waals surface area contributed by atoms with Crippen molar-refractivity contribution >= 4 is 17.5 Å². The Kier molecular flexibility index (Phi) is 4.01. The highest BCUT2D eigenvalue weighted by molar-refractivity contribution is 6.18. The molecule has 1 amide bonds. The van der Waals surface area contributed by atoms with Crippen molar-refractivity contribution in [1.29, 1.82) is 0 Å².